The molecule has 0 aromatic heterocycles. The summed E-state index contributed by atoms with van der Waals surface area (Å²) in [7, 11) is 0. The highest BCUT2D eigenvalue weighted by molar-refractivity contribution is 7.80. The fraction of sp³-hybridized carbons (Fsp3) is 0. The van der Waals surface area contributed by atoms with Crippen molar-refractivity contribution in [2.75, 3.05) is 5.32 Å². The number of carbonyl (C=O) groups is 1. The van der Waals surface area contributed by atoms with E-state index in [2.05, 4.69) is 16.7 Å². The van der Waals surface area contributed by atoms with Crippen LogP contribution in [-0.4, -0.2) is 11.0 Å². The molecular weight excluding hydrogens is 342 g/mol. The molecule has 0 fully saturated rings. The summed E-state index contributed by atoms with van der Waals surface area (Å²) < 4.78 is 0. The van der Waals surface area contributed by atoms with Crippen LogP contribution in [-0.2, 0) is 4.79 Å². The molecule has 3 aromatic rings. The molecule has 3 aromatic carbocycles. The van der Waals surface area contributed by atoms with Crippen LogP contribution >= 0.6 is 12.2 Å². The number of amides is 1. The second-order valence-corrected chi connectivity index (χ2v) is 5.91. The van der Waals surface area contributed by atoms with E-state index in [1.54, 1.807) is 30.3 Å². The number of anilines is 1. The predicted octanol–water partition coefficient (Wildman–Crippen LogP) is 4.24. The molecule has 0 saturated heterocycles. The molecule has 0 aliphatic carbocycles. The smallest absolute Gasteiger partial charge is 0.250 e. The minimum atomic E-state index is -0.343. The van der Waals surface area contributed by atoms with E-state index in [1.807, 2.05) is 42.5 Å². The van der Waals surface area contributed by atoms with Crippen LogP contribution in [0.3, 0.4) is 0 Å². The molecule has 0 aliphatic heterocycles. The molecule has 0 heterocycles. The predicted molar refractivity (Wildman–Crippen MR) is 109 cm³/mol. The van der Waals surface area contributed by atoms with Crippen LogP contribution in [0.4, 0.5) is 5.69 Å². The second-order valence-electron chi connectivity index (χ2n) is 5.50. The van der Waals surface area contributed by atoms with E-state index in [4.69, 9.17) is 17.5 Å². The van der Waals surface area contributed by atoms with E-state index in [0.717, 1.165) is 16.3 Å². The van der Waals surface area contributed by atoms with E-state index in [1.165, 1.54) is 6.08 Å². The summed E-state index contributed by atoms with van der Waals surface area (Å²) in [5.74, 6) is -0.343. The monoisotopic (exact) mass is 357 g/mol. The fourth-order valence-electron chi connectivity index (χ4n) is 2.56. The first kappa shape index (κ1) is 17.3. The fourth-order valence-corrected chi connectivity index (χ4v) is 2.77. The highest BCUT2D eigenvalue weighted by Crippen LogP contribution is 2.19. The molecule has 0 spiro atoms. The number of carbonyl (C=O) groups excluding carboxylic acids is 1. The van der Waals surface area contributed by atoms with Gasteiger partial charge in [-0.25, -0.2) is 0 Å². The van der Waals surface area contributed by atoms with Gasteiger partial charge in [0.1, 0.15) is 6.07 Å². The summed E-state index contributed by atoms with van der Waals surface area (Å²) >= 11 is 5.14. The van der Waals surface area contributed by atoms with E-state index in [0.29, 0.717) is 11.3 Å². The number of para-hydroxylation sites is 1. The third-order valence-electron chi connectivity index (χ3n) is 3.77. The number of rotatable bonds is 3. The van der Waals surface area contributed by atoms with Crippen molar-refractivity contribution in [2.45, 2.75) is 0 Å². The summed E-state index contributed by atoms with van der Waals surface area (Å²) in [5, 5.41) is 16.8. The number of hydrogen-bond donors (Lipinski definition) is 2. The van der Waals surface area contributed by atoms with Gasteiger partial charge >= 0.3 is 0 Å². The first-order chi connectivity index (χ1) is 12.7. The molecular formula is C21H15N3OS. The zero-order valence-corrected chi connectivity index (χ0v) is 14.6. The number of nitriles is 1. The molecule has 0 saturated carbocycles. The number of hydrogen-bond acceptors (Lipinski definition) is 3. The number of nitrogens with one attached hydrogen (secondary N) is 2. The van der Waals surface area contributed by atoms with Gasteiger partial charge in [-0.05, 0) is 46.8 Å². The lowest BCUT2D eigenvalue weighted by Crippen LogP contribution is -2.33. The average molecular weight is 357 g/mol. The molecule has 0 unspecified atom stereocenters. The topological polar surface area (TPSA) is 64.9 Å². The minimum Gasteiger partial charge on any atom is -0.331 e. The Balaban J connectivity index is 1.67. The Morgan fingerprint density at radius 3 is 2.58 bits per heavy atom. The van der Waals surface area contributed by atoms with Gasteiger partial charge in [-0.3, -0.25) is 10.1 Å². The average Bonchev–Trinajstić information content (AvgIpc) is 2.66. The standard InChI is InChI=1S/C21H15N3OS/c22-14-17-7-2-4-11-19(17)23-21(26)24-20(25)13-12-16-9-5-8-15-6-1-3-10-18(15)16/h1-13H,(H2,23,24,25,26)/b13-12+. The zero-order valence-electron chi connectivity index (χ0n) is 13.8. The van der Waals surface area contributed by atoms with Crippen LogP contribution < -0.4 is 10.6 Å². The van der Waals surface area contributed by atoms with E-state index < -0.39 is 0 Å². The molecule has 1 amide bonds. The number of nitrogens with zero attached hydrogens (tertiary/aromatic N) is 1. The molecule has 0 bridgehead atoms. The maximum absolute atomic E-state index is 12.1. The Labute approximate surface area is 156 Å². The molecule has 0 aliphatic rings. The Kier molecular flexibility index (Phi) is 5.37. The lowest BCUT2D eigenvalue weighted by Gasteiger charge is -2.09. The van der Waals surface area contributed by atoms with E-state index in [9.17, 15) is 4.79 Å². The first-order valence-electron chi connectivity index (χ1n) is 7.94. The Bertz CT molecular complexity index is 1050. The van der Waals surface area contributed by atoms with Gasteiger partial charge in [0.05, 0.1) is 11.3 Å². The van der Waals surface area contributed by atoms with Crippen molar-refractivity contribution in [3.05, 3.63) is 83.9 Å². The van der Waals surface area contributed by atoms with Crippen LogP contribution in [0.25, 0.3) is 16.8 Å². The lowest BCUT2D eigenvalue weighted by atomic mass is 10.0. The molecule has 0 atom stereocenters. The lowest BCUT2D eigenvalue weighted by molar-refractivity contribution is -0.115. The van der Waals surface area contributed by atoms with Crippen LogP contribution in [0.2, 0.25) is 0 Å². The van der Waals surface area contributed by atoms with Crippen molar-refractivity contribution in [1.82, 2.24) is 5.32 Å². The third kappa shape index (κ3) is 4.12. The van der Waals surface area contributed by atoms with Gasteiger partial charge in [-0.15, -0.1) is 0 Å². The number of benzene rings is 3. The molecule has 26 heavy (non-hydrogen) atoms. The largest absolute Gasteiger partial charge is 0.331 e. The number of thiocarbonyl (C=S) groups is 1. The molecule has 3 rings (SSSR count). The highest BCUT2D eigenvalue weighted by Gasteiger charge is 2.05. The molecule has 4 nitrogen and oxygen atoms in total. The first-order valence-corrected chi connectivity index (χ1v) is 8.35. The quantitative estimate of drug-likeness (QED) is 0.544. The van der Waals surface area contributed by atoms with Gasteiger partial charge < -0.3 is 5.32 Å². The van der Waals surface area contributed by atoms with Gasteiger partial charge in [0, 0.05) is 6.08 Å². The van der Waals surface area contributed by atoms with Crippen molar-refractivity contribution in [3.8, 4) is 6.07 Å². The molecule has 126 valence electrons. The van der Waals surface area contributed by atoms with Gasteiger partial charge in [0.25, 0.3) is 0 Å². The minimum absolute atomic E-state index is 0.139. The summed E-state index contributed by atoms with van der Waals surface area (Å²) in [6.07, 6.45) is 3.19. The maximum atomic E-state index is 12.1. The second kappa shape index (κ2) is 8.06. The van der Waals surface area contributed by atoms with Crippen molar-refractivity contribution in [2.24, 2.45) is 0 Å². The van der Waals surface area contributed by atoms with Gasteiger partial charge in [0.2, 0.25) is 5.91 Å². The van der Waals surface area contributed by atoms with Crippen LogP contribution in [0.15, 0.2) is 72.8 Å². The van der Waals surface area contributed by atoms with E-state index >= 15 is 0 Å². The summed E-state index contributed by atoms with van der Waals surface area (Å²) in [4.78, 5) is 12.1. The normalized spacial score (nSPS) is 10.4. The zero-order chi connectivity index (χ0) is 18.4. The van der Waals surface area contributed by atoms with E-state index in [-0.39, 0.29) is 11.0 Å². The summed E-state index contributed by atoms with van der Waals surface area (Å²) in [5.41, 5.74) is 1.96. The van der Waals surface area contributed by atoms with Gasteiger partial charge in [-0.2, -0.15) is 5.26 Å². The highest BCUT2D eigenvalue weighted by atomic mass is 32.1. The summed E-state index contributed by atoms with van der Waals surface area (Å²) in [6, 6.07) is 22.9. The Morgan fingerprint density at radius 2 is 1.73 bits per heavy atom. The van der Waals surface area contributed by atoms with Crippen LogP contribution in [0, 0.1) is 11.3 Å². The van der Waals surface area contributed by atoms with Gasteiger partial charge in [0.15, 0.2) is 5.11 Å². The molecule has 0 radical (unpaired) electrons. The molecule has 2 N–H and O–H groups in total. The Hall–Kier alpha value is -3.49. The molecule has 5 heteroatoms. The van der Waals surface area contributed by atoms with Crippen molar-refractivity contribution in [1.29, 1.82) is 5.26 Å². The van der Waals surface area contributed by atoms with Crippen molar-refractivity contribution in [3.63, 3.8) is 0 Å². The van der Waals surface area contributed by atoms with Gasteiger partial charge in [-0.1, -0.05) is 54.6 Å². The SMILES string of the molecule is N#Cc1ccccc1NC(=S)NC(=O)/C=C/c1cccc2ccccc12. The number of fused-ring (bicyclic) bond motifs is 1. The maximum Gasteiger partial charge on any atom is 0.250 e. The Morgan fingerprint density at radius 1 is 1.00 bits per heavy atom. The van der Waals surface area contributed by atoms with Crippen molar-refractivity contribution < 1.29 is 4.79 Å². The summed E-state index contributed by atoms with van der Waals surface area (Å²) in [6.45, 7) is 0. The van der Waals surface area contributed by atoms with Crippen LogP contribution in [0.5, 0.6) is 0 Å². The third-order valence-corrected chi connectivity index (χ3v) is 3.97. The van der Waals surface area contributed by atoms with Crippen molar-refractivity contribution >= 4 is 45.8 Å². The van der Waals surface area contributed by atoms with Crippen LogP contribution in [0.1, 0.15) is 11.1 Å².